The Balaban J connectivity index is 1.41. The second kappa shape index (κ2) is 8.43. The highest BCUT2D eigenvalue weighted by Gasteiger charge is 2.31. The number of hydrogen-bond acceptors (Lipinski definition) is 4. The van der Waals surface area contributed by atoms with E-state index in [0.717, 1.165) is 55.1 Å². The number of nitrogens with one attached hydrogen (secondary N) is 1. The molecule has 3 aromatic rings. The van der Waals surface area contributed by atoms with Gasteiger partial charge < -0.3 is 4.90 Å². The molecule has 1 aliphatic heterocycles. The fraction of sp³-hybridized carbons (Fsp3) is 0.333. The van der Waals surface area contributed by atoms with Crippen molar-refractivity contribution in [3.8, 4) is 11.3 Å². The number of rotatable bonds is 4. The molecule has 1 aromatic carbocycles. The minimum atomic E-state index is -4.38. The van der Waals surface area contributed by atoms with E-state index in [2.05, 4.69) is 20.1 Å². The van der Waals surface area contributed by atoms with Crippen molar-refractivity contribution in [2.75, 3.05) is 31.1 Å². The minimum absolute atomic E-state index is 0.291. The molecule has 0 saturated carbocycles. The maximum Gasteiger partial charge on any atom is 0.417 e. The normalized spacial score (nSPS) is 15.9. The van der Waals surface area contributed by atoms with E-state index < -0.39 is 11.7 Å². The van der Waals surface area contributed by atoms with Crippen LogP contribution in [0, 0.1) is 5.82 Å². The molecule has 158 valence electrons. The van der Waals surface area contributed by atoms with Crippen LogP contribution in [0.5, 0.6) is 0 Å². The number of aromatic amines is 1. The first kappa shape index (κ1) is 20.3. The third kappa shape index (κ3) is 4.62. The Hall–Kier alpha value is -2.94. The van der Waals surface area contributed by atoms with Gasteiger partial charge in [-0.25, -0.2) is 9.37 Å². The summed E-state index contributed by atoms with van der Waals surface area (Å²) in [5.74, 6) is 0.264. The Morgan fingerprint density at radius 2 is 1.77 bits per heavy atom. The monoisotopic (exact) mass is 419 g/mol. The highest BCUT2D eigenvalue weighted by Crippen LogP contribution is 2.29. The molecule has 1 fully saturated rings. The summed E-state index contributed by atoms with van der Waals surface area (Å²) in [5, 5.41) is 7.20. The van der Waals surface area contributed by atoms with Gasteiger partial charge in [-0.15, -0.1) is 0 Å². The molecule has 4 rings (SSSR count). The lowest BCUT2D eigenvalue weighted by molar-refractivity contribution is -0.137. The lowest BCUT2D eigenvalue weighted by Crippen LogP contribution is -2.31. The standard InChI is InChI=1S/C21H21F4N5/c22-18-5-2-15(3-6-18)20-16(12-27-28-20)14-29-8-1-9-30(11-10-29)19-7-4-17(13-26-19)21(23,24)25/h2-7,12-13H,1,8-11,14H2,(H,27,28). The number of alkyl halides is 3. The second-order valence-electron chi connectivity index (χ2n) is 7.29. The van der Waals surface area contributed by atoms with Crippen LogP contribution in [0.1, 0.15) is 17.5 Å². The number of pyridine rings is 1. The molecule has 0 aliphatic carbocycles. The summed E-state index contributed by atoms with van der Waals surface area (Å²) < 4.78 is 51.4. The van der Waals surface area contributed by atoms with Gasteiger partial charge in [-0.3, -0.25) is 10.00 Å². The molecule has 5 nitrogen and oxygen atoms in total. The molecule has 0 radical (unpaired) electrons. The molecular formula is C21H21F4N5. The zero-order valence-electron chi connectivity index (χ0n) is 16.2. The Kier molecular flexibility index (Phi) is 5.72. The summed E-state index contributed by atoms with van der Waals surface area (Å²) in [4.78, 5) is 8.30. The summed E-state index contributed by atoms with van der Waals surface area (Å²) >= 11 is 0. The summed E-state index contributed by atoms with van der Waals surface area (Å²) in [5.41, 5.74) is 1.91. The molecule has 1 saturated heterocycles. The molecule has 2 aromatic heterocycles. The zero-order chi connectivity index (χ0) is 21.1. The van der Waals surface area contributed by atoms with Gasteiger partial charge in [0.1, 0.15) is 11.6 Å². The molecule has 9 heteroatoms. The van der Waals surface area contributed by atoms with Crippen LogP contribution in [0.25, 0.3) is 11.3 Å². The van der Waals surface area contributed by atoms with Crippen molar-refractivity contribution in [1.29, 1.82) is 0 Å². The molecule has 0 bridgehead atoms. The van der Waals surface area contributed by atoms with Crippen molar-refractivity contribution < 1.29 is 17.6 Å². The minimum Gasteiger partial charge on any atom is -0.355 e. The number of H-pyrrole nitrogens is 1. The Morgan fingerprint density at radius 1 is 0.967 bits per heavy atom. The van der Waals surface area contributed by atoms with Gasteiger partial charge in [0.15, 0.2) is 0 Å². The summed E-state index contributed by atoms with van der Waals surface area (Å²) in [6.45, 7) is 3.67. The van der Waals surface area contributed by atoms with Crippen LogP contribution in [0.2, 0.25) is 0 Å². The first-order valence-electron chi connectivity index (χ1n) is 9.69. The van der Waals surface area contributed by atoms with Crippen LogP contribution in [0.3, 0.4) is 0 Å². The highest BCUT2D eigenvalue weighted by atomic mass is 19.4. The topological polar surface area (TPSA) is 48.1 Å². The van der Waals surface area contributed by atoms with Gasteiger partial charge in [0.25, 0.3) is 0 Å². The van der Waals surface area contributed by atoms with Gasteiger partial charge in [-0.1, -0.05) is 0 Å². The number of aromatic nitrogens is 3. The molecule has 1 aliphatic rings. The van der Waals surface area contributed by atoms with E-state index in [9.17, 15) is 17.6 Å². The first-order chi connectivity index (χ1) is 14.4. The van der Waals surface area contributed by atoms with E-state index in [1.165, 1.54) is 18.2 Å². The van der Waals surface area contributed by atoms with Crippen molar-refractivity contribution in [1.82, 2.24) is 20.1 Å². The second-order valence-corrected chi connectivity index (χ2v) is 7.29. The SMILES string of the molecule is Fc1ccc(-c2n[nH]cc2CN2CCCN(c3ccc(C(F)(F)F)cn3)CC2)cc1. The molecular weight excluding hydrogens is 398 g/mol. The van der Waals surface area contributed by atoms with Crippen molar-refractivity contribution >= 4 is 5.82 Å². The fourth-order valence-electron chi connectivity index (χ4n) is 3.63. The van der Waals surface area contributed by atoms with Gasteiger partial charge >= 0.3 is 6.18 Å². The molecule has 0 spiro atoms. The van der Waals surface area contributed by atoms with Crippen LogP contribution in [-0.4, -0.2) is 46.3 Å². The Morgan fingerprint density at radius 3 is 2.47 bits per heavy atom. The Labute approximate surface area is 171 Å². The van der Waals surface area contributed by atoms with Crippen LogP contribution < -0.4 is 4.90 Å². The molecule has 0 unspecified atom stereocenters. The Bertz CT molecular complexity index is 966. The largest absolute Gasteiger partial charge is 0.417 e. The maximum absolute atomic E-state index is 13.2. The number of nitrogens with zero attached hydrogens (tertiary/aromatic N) is 4. The molecule has 0 atom stereocenters. The van der Waals surface area contributed by atoms with Gasteiger partial charge in [-0.2, -0.15) is 18.3 Å². The quantitative estimate of drug-likeness (QED) is 0.639. The maximum atomic E-state index is 13.2. The fourth-order valence-corrected chi connectivity index (χ4v) is 3.63. The summed E-state index contributed by atoms with van der Waals surface area (Å²) in [6.07, 6.45) is -0.780. The van der Waals surface area contributed by atoms with E-state index in [0.29, 0.717) is 18.9 Å². The van der Waals surface area contributed by atoms with Crippen molar-refractivity contribution in [2.45, 2.75) is 19.1 Å². The van der Waals surface area contributed by atoms with E-state index in [-0.39, 0.29) is 5.82 Å². The first-order valence-corrected chi connectivity index (χ1v) is 9.69. The average Bonchev–Trinajstić information content (AvgIpc) is 3.05. The van der Waals surface area contributed by atoms with E-state index in [4.69, 9.17) is 0 Å². The lowest BCUT2D eigenvalue weighted by atomic mass is 10.1. The zero-order valence-corrected chi connectivity index (χ0v) is 16.2. The predicted octanol–water partition coefficient (Wildman–Crippen LogP) is 4.34. The van der Waals surface area contributed by atoms with E-state index in [1.54, 1.807) is 12.1 Å². The van der Waals surface area contributed by atoms with Crippen LogP contribution in [0.15, 0.2) is 48.8 Å². The summed E-state index contributed by atoms with van der Waals surface area (Å²) in [7, 11) is 0. The number of anilines is 1. The van der Waals surface area contributed by atoms with Crippen molar-refractivity contribution in [2.24, 2.45) is 0 Å². The highest BCUT2D eigenvalue weighted by molar-refractivity contribution is 5.62. The number of benzene rings is 1. The van der Waals surface area contributed by atoms with Gasteiger partial charge in [-0.05, 0) is 42.8 Å². The predicted molar refractivity (Wildman–Crippen MR) is 105 cm³/mol. The van der Waals surface area contributed by atoms with Crippen LogP contribution >= 0.6 is 0 Å². The summed E-state index contributed by atoms with van der Waals surface area (Å²) in [6, 6.07) is 8.74. The van der Waals surface area contributed by atoms with Crippen molar-refractivity contribution in [3.05, 3.63) is 65.7 Å². The van der Waals surface area contributed by atoms with Gasteiger partial charge in [0, 0.05) is 56.2 Å². The third-order valence-corrected chi connectivity index (χ3v) is 5.22. The molecule has 1 N–H and O–H groups in total. The number of hydrogen-bond donors (Lipinski definition) is 1. The van der Waals surface area contributed by atoms with Crippen molar-refractivity contribution in [3.63, 3.8) is 0 Å². The van der Waals surface area contributed by atoms with Gasteiger partial charge in [0.2, 0.25) is 0 Å². The molecule has 30 heavy (non-hydrogen) atoms. The van der Waals surface area contributed by atoms with E-state index in [1.807, 2.05) is 11.1 Å². The molecule has 0 amide bonds. The smallest absolute Gasteiger partial charge is 0.355 e. The average molecular weight is 419 g/mol. The number of halogens is 4. The van der Waals surface area contributed by atoms with E-state index >= 15 is 0 Å². The molecule has 3 heterocycles. The van der Waals surface area contributed by atoms with Crippen LogP contribution in [-0.2, 0) is 12.7 Å². The lowest BCUT2D eigenvalue weighted by Gasteiger charge is -2.23. The van der Waals surface area contributed by atoms with Gasteiger partial charge in [0.05, 0.1) is 11.3 Å². The van der Waals surface area contributed by atoms with Crippen LogP contribution in [0.4, 0.5) is 23.4 Å². The third-order valence-electron chi connectivity index (χ3n) is 5.22.